The van der Waals surface area contributed by atoms with Crippen LogP contribution in [0.25, 0.3) is 0 Å². The van der Waals surface area contributed by atoms with Crippen LogP contribution in [-0.4, -0.2) is 37.0 Å². The number of carbonyl (C=O) groups excluding carboxylic acids is 2. The summed E-state index contributed by atoms with van der Waals surface area (Å²) in [4.78, 5) is 21.9. The van der Waals surface area contributed by atoms with E-state index in [0.717, 1.165) is 0 Å². The predicted molar refractivity (Wildman–Crippen MR) is 61.5 cm³/mol. The summed E-state index contributed by atoms with van der Waals surface area (Å²) in [5, 5.41) is 0. The van der Waals surface area contributed by atoms with Crippen LogP contribution in [0.4, 0.5) is 17.6 Å². The average molecular weight is 300 g/mol. The van der Waals surface area contributed by atoms with Gasteiger partial charge in [-0.2, -0.15) is 8.78 Å². The summed E-state index contributed by atoms with van der Waals surface area (Å²) in [6.45, 7) is 4.20. The van der Waals surface area contributed by atoms with Crippen molar-refractivity contribution in [2.24, 2.45) is 0 Å². The molecule has 0 aliphatic carbocycles. The van der Waals surface area contributed by atoms with Crippen molar-refractivity contribution >= 4 is 11.9 Å². The first-order chi connectivity index (χ1) is 8.97. The van der Waals surface area contributed by atoms with E-state index in [1.165, 1.54) is 6.92 Å². The van der Waals surface area contributed by atoms with E-state index >= 15 is 0 Å². The Bertz CT molecular complexity index is 374. The Morgan fingerprint density at radius 1 is 1.10 bits per heavy atom. The summed E-state index contributed by atoms with van der Waals surface area (Å²) in [7, 11) is 0. The highest BCUT2D eigenvalue weighted by Crippen LogP contribution is 2.37. The maximum absolute atomic E-state index is 12.8. The van der Waals surface area contributed by atoms with E-state index in [4.69, 9.17) is 0 Å². The first-order valence-electron chi connectivity index (χ1n) is 5.71. The summed E-state index contributed by atoms with van der Waals surface area (Å²) in [5.41, 5.74) is 0.154. The highest BCUT2D eigenvalue weighted by molar-refractivity contribution is 5.86. The summed E-state index contributed by atoms with van der Waals surface area (Å²) >= 11 is 0. The van der Waals surface area contributed by atoms with Crippen LogP contribution in [0.1, 0.15) is 26.7 Å². The Balaban J connectivity index is 3.92. The molecule has 20 heavy (non-hydrogen) atoms. The minimum absolute atomic E-state index is 0.0788. The van der Waals surface area contributed by atoms with Crippen molar-refractivity contribution in [1.29, 1.82) is 0 Å². The Morgan fingerprint density at radius 3 is 2.05 bits per heavy atom. The fraction of sp³-hybridized carbons (Fsp3) is 0.667. The number of alkyl halides is 4. The van der Waals surface area contributed by atoms with Gasteiger partial charge in [0.2, 0.25) is 0 Å². The lowest BCUT2D eigenvalue weighted by atomic mass is 10.1. The molecule has 4 nitrogen and oxygen atoms in total. The fourth-order valence-electron chi connectivity index (χ4n) is 0.964. The van der Waals surface area contributed by atoms with Crippen LogP contribution in [0, 0.1) is 0 Å². The first kappa shape index (κ1) is 18.4. The molecule has 0 heterocycles. The number of ether oxygens (including phenoxy) is 2. The number of carbonyl (C=O) groups is 2. The molecule has 116 valence electrons. The molecular weight excluding hydrogens is 284 g/mol. The molecule has 0 spiro atoms. The summed E-state index contributed by atoms with van der Waals surface area (Å²) in [5.74, 6) is -10.2. The van der Waals surface area contributed by atoms with E-state index in [2.05, 4.69) is 16.1 Å². The molecule has 0 radical (unpaired) electrons. The van der Waals surface area contributed by atoms with Crippen molar-refractivity contribution < 1.29 is 36.6 Å². The van der Waals surface area contributed by atoms with Crippen molar-refractivity contribution in [2.75, 3.05) is 13.2 Å². The van der Waals surface area contributed by atoms with Gasteiger partial charge in [0, 0.05) is 18.9 Å². The zero-order chi connectivity index (χ0) is 16.0. The van der Waals surface area contributed by atoms with Gasteiger partial charge in [-0.15, -0.1) is 0 Å². The van der Waals surface area contributed by atoms with Crippen LogP contribution in [0.15, 0.2) is 12.2 Å². The topological polar surface area (TPSA) is 52.6 Å². The Labute approximate surface area is 113 Å². The standard InChI is InChI=1S/C12H16F4O4/c1-8(2)10(18)20-7-6-19-9(17)4-5-12(15,16)11(3,13)14/h1,4-7H2,2-3H3. The Hall–Kier alpha value is -1.60. The van der Waals surface area contributed by atoms with Gasteiger partial charge in [0.05, 0.1) is 6.42 Å². The summed E-state index contributed by atoms with van der Waals surface area (Å²) in [6, 6.07) is 0. The lowest BCUT2D eigenvalue weighted by Crippen LogP contribution is -2.38. The second-order valence-electron chi connectivity index (χ2n) is 4.23. The summed E-state index contributed by atoms with van der Waals surface area (Å²) in [6.07, 6.45) is -2.17. The van der Waals surface area contributed by atoms with Crippen LogP contribution in [-0.2, 0) is 19.1 Å². The van der Waals surface area contributed by atoms with Crippen molar-refractivity contribution in [2.45, 2.75) is 38.5 Å². The van der Waals surface area contributed by atoms with Crippen molar-refractivity contribution in [3.63, 3.8) is 0 Å². The first-order valence-corrected chi connectivity index (χ1v) is 5.71. The maximum Gasteiger partial charge on any atom is 0.333 e. The molecule has 0 aliphatic rings. The SMILES string of the molecule is C=C(C)C(=O)OCCOC(=O)CCC(F)(F)C(C)(F)F. The summed E-state index contributed by atoms with van der Waals surface area (Å²) < 4.78 is 59.6. The molecule has 0 aromatic heterocycles. The monoisotopic (exact) mass is 300 g/mol. The lowest BCUT2D eigenvalue weighted by Gasteiger charge is -2.22. The molecule has 0 bridgehead atoms. The second-order valence-corrected chi connectivity index (χ2v) is 4.23. The van der Waals surface area contributed by atoms with Gasteiger partial charge in [-0.25, -0.2) is 13.6 Å². The molecule has 0 saturated carbocycles. The molecule has 0 aromatic rings. The van der Waals surface area contributed by atoms with Crippen LogP contribution in [0.2, 0.25) is 0 Å². The molecule has 0 unspecified atom stereocenters. The molecule has 8 heteroatoms. The lowest BCUT2D eigenvalue weighted by molar-refractivity contribution is -0.203. The minimum atomic E-state index is -4.28. The molecular formula is C12H16F4O4. The number of rotatable bonds is 8. The number of esters is 2. The van der Waals surface area contributed by atoms with E-state index in [1.807, 2.05) is 0 Å². The van der Waals surface area contributed by atoms with Gasteiger partial charge in [0.15, 0.2) is 0 Å². The Kier molecular flexibility index (Phi) is 6.67. The zero-order valence-electron chi connectivity index (χ0n) is 11.2. The molecule has 0 amide bonds. The van der Waals surface area contributed by atoms with Gasteiger partial charge in [0.1, 0.15) is 13.2 Å². The highest BCUT2D eigenvalue weighted by atomic mass is 19.3. The third kappa shape index (κ3) is 6.53. The van der Waals surface area contributed by atoms with Gasteiger partial charge in [0.25, 0.3) is 0 Å². The molecule has 0 rings (SSSR count). The van der Waals surface area contributed by atoms with Crippen LogP contribution >= 0.6 is 0 Å². The second kappa shape index (κ2) is 7.25. The normalized spacial score (nSPS) is 11.9. The molecule has 0 N–H and O–H groups in total. The highest BCUT2D eigenvalue weighted by Gasteiger charge is 2.51. The fourth-order valence-corrected chi connectivity index (χ4v) is 0.964. The van der Waals surface area contributed by atoms with Gasteiger partial charge in [-0.3, -0.25) is 4.79 Å². The largest absolute Gasteiger partial charge is 0.462 e. The van der Waals surface area contributed by atoms with Gasteiger partial charge in [-0.05, 0) is 6.92 Å². The molecule has 0 aliphatic heterocycles. The van der Waals surface area contributed by atoms with Crippen LogP contribution < -0.4 is 0 Å². The number of hydrogen-bond acceptors (Lipinski definition) is 4. The van der Waals surface area contributed by atoms with Gasteiger partial charge >= 0.3 is 23.8 Å². The van der Waals surface area contributed by atoms with Crippen LogP contribution in [0.3, 0.4) is 0 Å². The third-order valence-electron chi connectivity index (χ3n) is 2.21. The van der Waals surface area contributed by atoms with E-state index in [9.17, 15) is 27.2 Å². The molecule has 0 saturated heterocycles. The smallest absolute Gasteiger partial charge is 0.333 e. The quantitative estimate of drug-likeness (QED) is 0.299. The Morgan fingerprint density at radius 2 is 1.60 bits per heavy atom. The van der Waals surface area contributed by atoms with E-state index < -0.39 is 36.6 Å². The van der Waals surface area contributed by atoms with Crippen molar-refractivity contribution in [3.8, 4) is 0 Å². The maximum atomic E-state index is 12.8. The average Bonchev–Trinajstić information content (AvgIpc) is 2.30. The van der Waals surface area contributed by atoms with Gasteiger partial charge < -0.3 is 9.47 Å². The molecule has 0 aromatic carbocycles. The minimum Gasteiger partial charge on any atom is -0.462 e. The van der Waals surface area contributed by atoms with E-state index in [-0.39, 0.29) is 25.7 Å². The van der Waals surface area contributed by atoms with Crippen molar-refractivity contribution in [1.82, 2.24) is 0 Å². The van der Waals surface area contributed by atoms with E-state index in [1.54, 1.807) is 0 Å². The predicted octanol–water partition coefficient (Wildman–Crippen LogP) is 2.72. The van der Waals surface area contributed by atoms with Crippen molar-refractivity contribution in [3.05, 3.63) is 12.2 Å². The molecule has 0 fully saturated rings. The molecule has 0 atom stereocenters. The number of halogens is 4. The van der Waals surface area contributed by atoms with Crippen LogP contribution in [0.5, 0.6) is 0 Å². The number of hydrogen-bond donors (Lipinski definition) is 0. The zero-order valence-corrected chi connectivity index (χ0v) is 11.2. The third-order valence-corrected chi connectivity index (χ3v) is 2.21. The van der Waals surface area contributed by atoms with Gasteiger partial charge in [-0.1, -0.05) is 6.58 Å². The van der Waals surface area contributed by atoms with E-state index in [0.29, 0.717) is 0 Å².